The molecule has 0 bridgehead atoms. The molecule has 0 aliphatic carbocycles. The largest absolute Gasteiger partial charge is 0.472 e. The number of nitrogens with one attached hydrogen (secondary N) is 1. The van der Waals surface area contributed by atoms with Gasteiger partial charge in [0.25, 0.3) is 5.56 Å². The molecule has 0 aromatic carbocycles. The summed E-state index contributed by atoms with van der Waals surface area (Å²) in [6.07, 6.45) is -1.72. The standard InChI is InChI=1S/C13H19N2O9P/c1-13(2)23-9-7(6-21-25(18,19)20-3)22-11(10(9)24-13)15-5-4-8(16)14-12(15)17/h4-5,7,9-11H,6H2,1-3H3,(H,18,19)(H,14,16,17)/t7-,9-,10-,11-/m1/s1. The molecule has 0 spiro atoms. The lowest BCUT2D eigenvalue weighted by Gasteiger charge is -2.25. The highest BCUT2D eigenvalue weighted by Crippen LogP contribution is 2.46. The Morgan fingerprint density at radius 1 is 1.36 bits per heavy atom. The molecule has 140 valence electrons. The number of phosphoric ester groups is 1. The van der Waals surface area contributed by atoms with Crippen LogP contribution in [-0.4, -0.2) is 52.3 Å². The van der Waals surface area contributed by atoms with Crippen LogP contribution in [0, 0.1) is 0 Å². The lowest BCUT2D eigenvalue weighted by molar-refractivity contribution is -0.200. The molecule has 1 unspecified atom stereocenters. The fourth-order valence-electron chi connectivity index (χ4n) is 2.87. The second kappa shape index (κ2) is 6.44. The molecule has 25 heavy (non-hydrogen) atoms. The Kier molecular flexibility index (Phi) is 4.75. The summed E-state index contributed by atoms with van der Waals surface area (Å²) in [7, 11) is -3.15. The lowest BCUT2D eigenvalue weighted by atomic mass is 10.1. The van der Waals surface area contributed by atoms with Gasteiger partial charge in [0.15, 0.2) is 12.0 Å². The second-order valence-electron chi connectivity index (χ2n) is 6.09. The molecule has 2 aliphatic heterocycles. The first kappa shape index (κ1) is 18.5. The number of phosphoric acid groups is 1. The monoisotopic (exact) mass is 378 g/mol. The lowest BCUT2D eigenvalue weighted by Crippen LogP contribution is -2.37. The van der Waals surface area contributed by atoms with E-state index in [0.29, 0.717) is 0 Å². The highest BCUT2D eigenvalue weighted by Gasteiger charge is 2.56. The van der Waals surface area contributed by atoms with Crippen molar-refractivity contribution in [3.63, 3.8) is 0 Å². The molecular formula is C13H19N2O9P. The highest BCUT2D eigenvalue weighted by atomic mass is 31.2. The zero-order chi connectivity index (χ0) is 18.4. The van der Waals surface area contributed by atoms with Gasteiger partial charge in [-0.1, -0.05) is 0 Å². The SMILES string of the molecule is COP(=O)(O)OC[C@H]1O[C@@H](n2ccc(=O)[nH]c2=O)[C@@H]2OC(C)(C)O[C@@H]21. The first-order chi connectivity index (χ1) is 11.6. The molecule has 2 fully saturated rings. The molecule has 11 nitrogen and oxygen atoms in total. The normalized spacial score (nSPS) is 33.1. The van der Waals surface area contributed by atoms with Crippen LogP contribution < -0.4 is 11.2 Å². The van der Waals surface area contributed by atoms with E-state index in [0.717, 1.165) is 7.11 Å². The van der Waals surface area contributed by atoms with Crippen LogP contribution in [0.5, 0.6) is 0 Å². The predicted molar refractivity (Wildman–Crippen MR) is 81.8 cm³/mol. The molecule has 0 amide bonds. The van der Waals surface area contributed by atoms with E-state index >= 15 is 0 Å². The van der Waals surface area contributed by atoms with Gasteiger partial charge in [0, 0.05) is 19.4 Å². The highest BCUT2D eigenvalue weighted by molar-refractivity contribution is 7.47. The van der Waals surface area contributed by atoms with E-state index in [9.17, 15) is 19.0 Å². The number of fused-ring (bicyclic) bond motifs is 1. The van der Waals surface area contributed by atoms with Crippen LogP contribution in [-0.2, 0) is 27.8 Å². The van der Waals surface area contributed by atoms with Gasteiger partial charge in [-0.15, -0.1) is 0 Å². The van der Waals surface area contributed by atoms with Crippen molar-refractivity contribution in [3.8, 4) is 0 Å². The van der Waals surface area contributed by atoms with Gasteiger partial charge in [-0.25, -0.2) is 9.36 Å². The molecule has 3 rings (SSSR count). The van der Waals surface area contributed by atoms with Crippen molar-refractivity contribution in [1.82, 2.24) is 9.55 Å². The van der Waals surface area contributed by atoms with E-state index in [4.69, 9.17) is 18.7 Å². The Morgan fingerprint density at radius 3 is 2.68 bits per heavy atom. The van der Waals surface area contributed by atoms with E-state index in [1.165, 1.54) is 16.8 Å². The summed E-state index contributed by atoms with van der Waals surface area (Å²) >= 11 is 0. The van der Waals surface area contributed by atoms with Gasteiger partial charge in [0.2, 0.25) is 0 Å². The van der Waals surface area contributed by atoms with Crippen LogP contribution in [0.1, 0.15) is 20.1 Å². The number of rotatable bonds is 5. The van der Waals surface area contributed by atoms with Crippen molar-refractivity contribution in [1.29, 1.82) is 0 Å². The molecule has 3 heterocycles. The van der Waals surface area contributed by atoms with Crippen molar-refractivity contribution in [2.45, 2.75) is 44.2 Å². The number of nitrogens with zero attached hydrogens (tertiary/aromatic N) is 1. The van der Waals surface area contributed by atoms with Gasteiger partial charge in [-0.3, -0.25) is 23.4 Å². The van der Waals surface area contributed by atoms with E-state index < -0.39 is 49.4 Å². The third kappa shape index (κ3) is 3.77. The van der Waals surface area contributed by atoms with Crippen molar-refractivity contribution in [2.24, 2.45) is 0 Å². The molecule has 5 atom stereocenters. The smallest absolute Gasteiger partial charge is 0.346 e. The van der Waals surface area contributed by atoms with Gasteiger partial charge < -0.3 is 19.1 Å². The number of hydrogen-bond acceptors (Lipinski definition) is 8. The molecule has 1 aromatic rings. The van der Waals surface area contributed by atoms with Crippen LogP contribution in [0.3, 0.4) is 0 Å². The molecule has 0 saturated carbocycles. The van der Waals surface area contributed by atoms with Crippen LogP contribution in [0.2, 0.25) is 0 Å². The van der Waals surface area contributed by atoms with Crippen molar-refractivity contribution < 1.29 is 32.7 Å². The Bertz CT molecular complexity index is 803. The third-order valence-corrected chi connectivity index (χ3v) is 4.82. The molecule has 2 aliphatic rings. The van der Waals surface area contributed by atoms with Gasteiger partial charge in [-0.2, -0.15) is 0 Å². The summed E-state index contributed by atoms with van der Waals surface area (Å²) in [5.74, 6) is -0.939. The number of aromatic amines is 1. The average molecular weight is 378 g/mol. The molecule has 12 heteroatoms. The van der Waals surface area contributed by atoms with Crippen molar-refractivity contribution in [3.05, 3.63) is 33.1 Å². The van der Waals surface area contributed by atoms with Gasteiger partial charge in [0.1, 0.15) is 18.3 Å². The van der Waals surface area contributed by atoms with Crippen LogP contribution in [0.15, 0.2) is 21.9 Å². The Hall–Kier alpha value is -1.33. The van der Waals surface area contributed by atoms with E-state index in [2.05, 4.69) is 9.51 Å². The summed E-state index contributed by atoms with van der Waals surface area (Å²) in [5, 5.41) is 0. The van der Waals surface area contributed by atoms with E-state index in [1.54, 1.807) is 13.8 Å². The Morgan fingerprint density at radius 2 is 2.04 bits per heavy atom. The van der Waals surface area contributed by atoms with Crippen LogP contribution in [0.25, 0.3) is 0 Å². The first-order valence-corrected chi connectivity index (χ1v) is 8.97. The predicted octanol–water partition coefficient (Wildman–Crippen LogP) is -0.282. The summed E-state index contributed by atoms with van der Waals surface area (Å²) < 4.78 is 39.2. The minimum atomic E-state index is -4.19. The second-order valence-corrected chi connectivity index (χ2v) is 7.65. The van der Waals surface area contributed by atoms with Crippen LogP contribution in [0.4, 0.5) is 0 Å². The summed E-state index contributed by atoms with van der Waals surface area (Å²) in [6, 6.07) is 1.18. The van der Waals surface area contributed by atoms with E-state index in [-0.39, 0.29) is 6.61 Å². The summed E-state index contributed by atoms with van der Waals surface area (Å²) in [6.45, 7) is 3.08. The van der Waals surface area contributed by atoms with Gasteiger partial charge in [-0.05, 0) is 13.8 Å². The zero-order valence-corrected chi connectivity index (χ0v) is 14.7. The molecular weight excluding hydrogens is 359 g/mol. The van der Waals surface area contributed by atoms with Crippen molar-refractivity contribution in [2.75, 3.05) is 13.7 Å². The minimum Gasteiger partial charge on any atom is -0.346 e. The van der Waals surface area contributed by atoms with E-state index in [1.807, 2.05) is 0 Å². The van der Waals surface area contributed by atoms with Crippen molar-refractivity contribution >= 4 is 7.82 Å². The van der Waals surface area contributed by atoms with Crippen LogP contribution >= 0.6 is 7.82 Å². The Balaban J connectivity index is 1.86. The summed E-state index contributed by atoms with van der Waals surface area (Å²) in [5.41, 5.74) is -1.21. The summed E-state index contributed by atoms with van der Waals surface area (Å²) in [4.78, 5) is 34.8. The average Bonchev–Trinajstić information content (AvgIpc) is 2.99. The number of H-pyrrole nitrogens is 1. The van der Waals surface area contributed by atoms with Gasteiger partial charge >= 0.3 is 13.5 Å². The maximum atomic E-state index is 12.0. The molecule has 2 N–H and O–H groups in total. The first-order valence-electron chi connectivity index (χ1n) is 7.47. The fourth-order valence-corrected chi connectivity index (χ4v) is 3.31. The number of ether oxygens (including phenoxy) is 3. The molecule has 2 saturated heterocycles. The number of hydrogen-bond donors (Lipinski definition) is 2. The zero-order valence-electron chi connectivity index (χ0n) is 13.8. The third-order valence-electron chi connectivity index (χ3n) is 3.88. The topological polar surface area (TPSA) is 138 Å². The Labute approximate surface area is 142 Å². The molecule has 1 aromatic heterocycles. The number of aromatic nitrogens is 2. The molecule has 0 radical (unpaired) electrons. The minimum absolute atomic E-state index is 0.309. The maximum absolute atomic E-state index is 12.0. The maximum Gasteiger partial charge on any atom is 0.472 e. The quantitative estimate of drug-likeness (QED) is 0.662. The fraction of sp³-hybridized carbons (Fsp3) is 0.692. The van der Waals surface area contributed by atoms with Gasteiger partial charge in [0.05, 0.1) is 6.61 Å².